The van der Waals surface area contributed by atoms with Crippen molar-refractivity contribution in [2.75, 3.05) is 6.61 Å². The summed E-state index contributed by atoms with van der Waals surface area (Å²) < 4.78 is 5.57. The highest BCUT2D eigenvalue weighted by Crippen LogP contribution is 2.33. The van der Waals surface area contributed by atoms with Crippen molar-refractivity contribution in [3.8, 4) is 5.75 Å². The van der Waals surface area contributed by atoms with Crippen molar-refractivity contribution < 1.29 is 14.3 Å². The van der Waals surface area contributed by atoms with Crippen LogP contribution in [0.1, 0.15) is 5.56 Å². The lowest BCUT2D eigenvalue weighted by atomic mass is 10.2. The van der Waals surface area contributed by atoms with E-state index in [-0.39, 0.29) is 16.0 Å². The van der Waals surface area contributed by atoms with Gasteiger partial charge < -0.3 is 4.74 Å². The number of rotatable bonds is 4. The smallest absolute Gasteiger partial charge is 0.273 e. The number of amides is 2. The van der Waals surface area contributed by atoms with Gasteiger partial charge in [0.2, 0.25) is 0 Å². The summed E-state index contributed by atoms with van der Waals surface area (Å²) in [7, 11) is 0. The molecule has 0 radical (unpaired) electrons. The van der Waals surface area contributed by atoms with E-state index in [1.807, 2.05) is 30.3 Å². The van der Waals surface area contributed by atoms with Gasteiger partial charge in [0.1, 0.15) is 5.75 Å². The Morgan fingerprint density at radius 2 is 1.92 bits per heavy atom. The Bertz CT molecular complexity index is 916. The lowest BCUT2D eigenvalue weighted by Crippen LogP contribution is -2.38. The molecule has 0 N–H and O–H groups in total. The molecule has 0 aliphatic carbocycles. The van der Waals surface area contributed by atoms with Crippen molar-refractivity contribution in [3.63, 3.8) is 0 Å². The lowest BCUT2D eigenvalue weighted by molar-refractivity contribution is -0.137. The molecule has 0 unspecified atom stereocenters. The third-order valence-electron chi connectivity index (χ3n) is 3.39. The number of imide groups is 1. The predicted molar refractivity (Wildman–Crippen MR) is 108 cm³/mol. The van der Waals surface area contributed by atoms with Crippen molar-refractivity contribution in [2.24, 2.45) is 0 Å². The van der Waals surface area contributed by atoms with Gasteiger partial charge in [0.15, 0.2) is 10.9 Å². The molecule has 2 aromatic carbocycles. The Hall–Kier alpha value is -1.86. The second-order valence-corrected chi connectivity index (χ2v) is 7.70. The second-order valence-electron chi connectivity index (χ2n) is 5.18. The number of hydrogen-bond acceptors (Lipinski definition) is 5. The number of carbonyl (C=O) groups is 2. The Morgan fingerprint density at radius 1 is 1.19 bits per heavy atom. The topological polar surface area (TPSA) is 46.6 Å². The molecule has 4 nitrogen and oxygen atoms in total. The summed E-state index contributed by atoms with van der Waals surface area (Å²) >= 11 is 18.1. The molecule has 0 atom stereocenters. The van der Waals surface area contributed by atoms with Gasteiger partial charge in [-0.1, -0.05) is 77.5 Å². The number of benzene rings is 2. The number of ether oxygens (including phenoxy) is 1. The zero-order valence-electron chi connectivity index (χ0n) is 13.1. The summed E-state index contributed by atoms with van der Waals surface area (Å²) in [6.45, 7) is -0.369. The van der Waals surface area contributed by atoms with Gasteiger partial charge in [0.25, 0.3) is 11.8 Å². The van der Waals surface area contributed by atoms with E-state index >= 15 is 0 Å². The first kappa shape index (κ1) is 18.9. The van der Waals surface area contributed by atoms with Gasteiger partial charge in [-0.05, 0) is 29.8 Å². The molecule has 1 aliphatic rings. The summed E-state index contributed by atoms with van der Waals surface area (Å²) in [6.07, 6.45) is 1.70. The average molecular weight is 424 g/mol. The van der Waals surface area contributed by atoms with Crippen LogP contribution in [0.25, 0.3) is 6.08 Å². The van der Waals surface area contributed by atoms with Crippen LogP contribution >= 0.6 is 47.2 Å². The minimum absolute atomic E-state index is 0.174. The van der Waals surface area contributed by atoms with Gasteiger partial charge in [-0.15, -0.1) is 0 Å². The summed E-state index contributed by atoms with van der Waals surface area (Å²) in [6, 6.07) is 14.0. The Labute approximate surface area is 169 Å². The van der Waals surface area contributed by atoms with E-state index in [0.717, 1.165) is 22.2 Å². The maximum Gasteiger partial charge on any atom is 0.273 e. The molecule has 132 valence electrons. The van der Waals surface area contributed by atoms with Crippen LogP contribution in [0, 0.1) is 0 Å². The van der Waals surface area contributed by atoms with Crippen LogP contribution in [0.3, 0.4) is 0 Å². The van der Waals surface area contributed by atoms with Crippen LogP contribution in [0.5, 0.6) is 5.75 Å². The number of halogens is 2. The van der Waals surface area contributed by atoms with E-state index in [0.29, 0.717) is 15.7 Å². The molecule has 0 bridgehead atoms. The molecule has 26 heavy (non-hydrogen) atoms. The third-order valence-corrected chi connectivity index (χ3v) is 5.22. The molecule has 0 aromatic heterocycles. The molecule has 8 heteroatoms. The van der Waals surface area contributed by atoms with Crippen LogP contribution in [0.2, 0.25) is 10.0 Å². The van der Waals surface area contributed by atoms with Gasteiger partial charge in [-0.3, -0.25) is 9.59 Å². The van der Waals surface area contributed by atoms with Crippen molar-refractivity contribution in [1.29, 1.82) is 0 Å². The maximum absolute atomic E-state index is 12.5. The normalized spacial score (nSPS) is 15.6. The summed E-state index contributed by atoms with van der Waals surface area (Å²) in [5, 5.41) is 0.733. The minimum Gasteiger partial charge on any atom is -0.482 e. The van der Waals surface area contributed by atoms with Crippen molar-refractivity contribution in [3.05, 3.63) is 69.0 Å². The van der Waals surface area contributed by atoms with E-state index in [9.17, 15) is 9.59 Å². The first-order valence-electron chi connectivity index (χ1n) is 7.39. The molecule has 1 heterocycles. The summed E-state index contributed by atoms with van der Waals surface area (Å²) in [5.74, 6) is -0.718. The number of carbonyl (C=O) groups excluding carboxylic acids is 2. The standard InChI is InChI=1S/C18H11Cl2NO3S2/c19-12-6-7-14(13(20)9-12)24-10-16(22)21-17(23)15(26-18(21)25)8-11-4-2-1-3-5-11/h1-9H,10H2/b15-8-. The summed E-state index contributed by atoms with van der Waals surface area (Å²) in [5.41, 5.74) is 0.852. The average Bonchev–Trinajstić information content (AvgIpc) is 2.88. The second kappa shape index (κ2) is 8.22. The molecule has 1 fully saturated rings. The number of hydrogen-bond donors (Lipinski definition) is 0. The molecular weight excluding hydrogens is 413 g/mol. The summed E-state index contributed by atoms with van der Waals surface area (Å²) in [4.78, 5) is 26.2. The fourth-order valence-electron chi connectivity index (χ4n) is 2.18. The molecule has 2 aromatic rings. The molecule has 1 saturated heterocycles. The van der Waals surface area contributed by atoms with Crippen LogP contribution in [0.15, 0.2) is 53.4 Å². The first-order valence-corrected chi connectivity index (χ1v) is 9.37. The van der Waals surface area contributed by atoms with E-state index in [1.54, 1.807) is 18.2 Å². The van der Waals surface area contributed by atoms with Crippen LogP contribution in [0.4, 0.5) is 0 Å². The van der Waals surface area contributed by atoms with Gasteiger partial charge in [-0.2, -0.15) is 0 Å². The van der Waals surface area contributed by atoms with Crippen molar-refractivity contribution in [1.82, 2.24) is 4.90 Å². The first-order chi connectivity index (χ1) is 12.5. The van der Waals surface area contributed by atoms with Gasteiger partial charge in [0, 0.05) is 5.02 Å². The van der Waals surface area contributed by atoms with E-state index in [4.69, 9.17) is 40.2 Å². The largest absolute Gasteiger partial charge is 0.482 e. The van der Waals surface area contributed by atoms with Crippen molar-refractivity contribution in [2.45, 2.75) is 0 Å². The molecule has 0 saturated carbocycles. The highest BCUT2D eigenvalue weighted by Gasteiger charge is 2.37. The SMILES string of the molecule is O=C(COc1ccc(Cl)cc1Cl)N1C(=O)/C(=C/c2ccccc2)SC1=S. The molecular formula is C18H11Cl2NO3S2. The highest BCUT2D eigenvalue weighted by atomic mass is 35.5. The third kappa shape index (κ3) is 4.27. The van der Waals surface area contributed by atoms with Gasteiger partial charge in [0.05, 0.1) is 9.93 Å². The van der Waals surface area contributed by atoms with E-state index in [1.165, 1.54) is 6.07 Å². The molecule has 0 spiro atoms. The van der Waals surface area contributed by atoms with Crippen LogP contribution in [-0.4, -0.2) is 27.6 Å². The minimum atomic E-state index is -0.560. The van der Waals surface area contributed by atoms with Crippen molar-refractivity contribution >= 4 is 69.4 Å². The fourth-order valence-corrected chi connectivity index (χ4v) is 3.93. The van der Waals surface area contributed by atoms with Gasteiger partial charge in [-0.25, -0.2) is 4.90 Å². The Balaban J connectivity index is 1.70. The Kier molecular flexibility index (Phi) is 5.98. The Morgan fingerprint density at radius 3 is 2.62 bits per heavy atom. The fraction of sp³-hybridized carbons (Fsp3) is 0.0556. The zero-order chi connectivity index (χ0) is 18.7. The number of nitrogens with zero attached hydrogens (tertiary/aromatic N) is 1. The van der Waals surface area contributed by atoms with E-state index in [2.05, 4.69) is 0 Å². The number of thiocarbonyl (C=S) groups is 1. The molecule has 2 amide bonds. The zero-order valence-corrected chi connectivity index (χ0v) is 16.3. The predicted octanol–water partition coefficient (Wildman–Crippen LogP) is 4.80. The van der Waals surface area contributed by atoms with Crippen LogP contribution in [-0.2, 0) is 9.59 Å². The quantitative estimate of drug-likeness (QED) is 0.521. The molecule has 1 aliphatic heterocycles. The monoisotopic (exact) mass is 423 g/mol. The maximum atomic E-state index is 12.5. The van der Waals surface area contributed by atoms with Crippen LogP contribution < -0.4 is 4.74 Å². The highest BCUT2D eigenvalue weighted by molar-refractivity contribution is 8.26. The van der Waals surface area contributed by atoms with Gasteiger partial charge >= 0.3 is 0 Å². The lowest BCUT2D eigenvalue weighted by Gasteiger charge is -2.13. The number of thioether (sulfide) groups is 1. The molecule has 3 rings (SSSR count). The van der Waals surface area contributed by atoms with E-state index < -0.39 is 11.8 Å².